The second-order valence-corrected chi connectivity index (χ2v) is 5.69. The first kappa shape index (κ1) is 14.2. The Balaban J connectivity index is 2.07. The molecule has 2 nitrogen and oxygen atoms in total. The molecule has 1 aromatic heterocycles. The van der Waals surface area contributed by atoms with Gasteiger partial charge in [-0.05, 0) is 37.2 Å². The molecule has 2 unspecified atom stereocenters. The van der Waals surface area contributed by atoms with Crippen LogP contribution in [0.3, 0.4) is 0 Å². The summed E-state index contributed by atoms with van der Waals surface area (Å²) in [6.07, 6.45) is 5.15. The molecule has 1 aromatic rings. The van der Waals surface area contributed by atoms with Gasteiger partial charge in [-0.2, -0.15) is 0 Å². The Morgan fingerprint density at radius 3 is 2.32 bits per heavy atom. The largest absolute Gasteiger partial charge is 0.511 e. The van der Waals surface area contributed by atoms with Gasteiger partial charge in [0.15, 0.2) is 0 Å². The lowest BCUT2D eigenvalue weighted by molar-refractivity contribution is 0.101. The smallest absolute Gasteiger partial charge is 0.489 e. The summed E-state index contributed by atoms with van der Waals surface area (Å²) in [6.45, 7) is -0.712. The first-order chi connectivity index (χ1) is 8.84. The molecular weight excluding hydrogens is 254 g/mol. The van der Waals surface area contributed by atoms with Gasteiger partial charge in [-0.15, -0.1) is 0 Å². The molecule has 2 atom stereocenters. The fraction of sp³-hybridized carbons (Fsp3) is 0.615. The Morgan fingerprint density at radius 1 is 1.11 bits per heavy atom. The van der Waals surface area contributed by atoms with Crippen LogP contribution in [0.25, 0.3) is 0 Å². The summed E-state index contributed by atoms with van der Waals surface area (Å²) < 4.78 is 43.6. The molecule has 2 rings (SSSR count). The van der Waals surface area contributed by atoms with Crippen molar-refractivity contribution in [2.24, 2.45) is 11.8 Å². The van der Waals surface area contributed by atoms with Crippen molar-refractivity contribution in [2.45, 2.75) is 39.2 Å². The van der Waals surface area contributed by atoms with Gasteiger partial charge in [0.05, 0.1) is 12.3 Å². The highest BCUT2D eigenvalue weighted by Crippen LogP contribution is 2.31. The summed E-state index contributed by atoms with van der Waals surface area (Å²) in [5.74, 6) is 1.33. The lowest BCUT2D eigenvalue weighted by Crippen LogP contribution is -2.35. The minimum Gasteiger partial charge on any atom is -0.489 e. The predicted molar refractivity (Wildman–Crippen MR) is 69.5 cm³/mol. The van der Waals surface area contributed by atoms with Crippen molar-refractivity contribution < 1.29 is 17.7 Å². The molecule has 0 spiro atoms. The minimum absolute atomic E-state index is 0.00321. The minimum atomic E-state index is -5.02. The van der Waals surface area contributed by atoms with E-state index in [4.69, 9.17) is 4.74 Å². The third-order valence-electron chi connectivity index (χ3n) is 3.55. The molecule has 0 saturated heterocycles. The van der Waals surface area contributed by atoms with E-state index in [9.17, 15) is 12.9 Å². The molecule has 0 radical (unpaired) electrons. The van der Waals surface area contributed by atoms with Crippen molar-refractivity contribution in [3.63, 3.8) is 0 Å². The number of halogens is 3. The van der Waals surface area contributed by atoms with E-state index in [1.165, 1.54) is 6.20 Å². The molecule has 0 aromatic carbocycles. The van der Waals surface area contributed by atoms with Crippen LogP contribution in [0.4, 0.5) is 12.9 Å². The summed E-state index contributed by atoms with van der Waals surface area (Å²) >= 11 is 0. The number of hydrogen-bond donors (Lipinski definition) is 0. The van der Waals surface area contributed by atoms with Crippen LogP contribution in [0.1, 0.15) is 33.1 Å². The summed E-state index contributed by atoms with van der Waals surface area (Å²) in [7, 11) is 0. The Morgan fingerprint density at radius 2 is 1.74 bits per heavy atom. The zero-order chi connectivity index (χ0) is 14.0. The van der Waals surface area contributed by atoms with E-state index in [0.717, 1.165) is 31.5 Å². The van der Waals surface area contributed by atoms with Crippen molar-refractivity contribution >= 4 is 12.4 Å². The van der Waals surface area contributed by atoms with Crippen LogP contribution >= 0.6 is 0 Å². The van der Waals surface area contributed by atoms with E-state index in [2.05, 4.69) is 18.8 Å². The maximum absolute atomic E-state index is 12.6. The van der Waals surface area contributed by atoms with Crippen LogP contribution in [-0.2, 0) is 0 Å². The molecule has 0 amide bonds. The van der Waals surface area contributed by atoms with Gasteiger partial charge in [0, 0.05) is 6.20 Å². The average molecular weight is 272 g/mol. The van der Waals surface area contributed by atoms with Gasteiger partial charge >= 0.3 is 6.98 Å². The van der Waals surface area contributed by atoms with Gasteiger partial charge in [-0.1, -0.05) is 19.3 Å². The SMILES string of the molecule is CC1CC(C)CC(Oc2cncc([B-](F)(F)F)c2)C1. The monoisotopic (exact) mass is 272 g/mol. The lowest BCUT2D eigenvalue weighted by atomic mass is 9.81. The molecule has 106 valence electrons. The number of nitrogens with zero attached hydrogens (tertiary/aromatic N) is 1. The van der Waals surface area contributed by atoms with Crippen molar-refractivity contribution in [2.75, 3.05) is 0 Å². The maximum atomic E-state index is 12.6. The van der Waals surface area contributed by atoms with Gasteiger partial charge in [0.25, 0.3) is 0 Å². The van der Waals surface area contributed by atoms with Gasteiger partial charge in [0.2, 0.25) is 0 Å². The Labute approximate surface area is 111 Å². The Hall–Kier alpha value is -1.20. The second-order valence-electron chi connectivity index (χ2n) is 5.69. The van der Waals surface area contributed by atoms with Crippen LogP contribution in [0.2, 0.25) is 0 Å². The van der Waals surface area contributed by atoms with Crippen LogP contribution in [-0.4, -0.2) is 18.1 Å². The molecule has 0 bridgehead atoms. The number of pyridine rings is 1. The van der Waals surface area contributed by atoms with Crippen LogP contribution in [0, 0.1) is 11.8 Å². The quantitative estimate of drug-likeness (QED) is 0.787. The van der Waals surface area contributed by atoms with Crippen molar-refractivity contribution in [3.8, 4) is 5.75 Å². The number of hydrogen-bond acceptors (Lipinski definition) is 2. The molecule has 1 saturated carbocycles. The summed E-state index contributed by atoms with van der Waals surface area (Å²) in [4.78, 5) is 3.63. The summed E-state index contributed by atoms with van der Waals surface area (Å²) in [6, 6.07) is 1.05. The third kappa shape index (κ3) is 3.88. The number of ether oxygens (including phenoxy) is 1. The summed E-state index contributed by atoms with van der Waals surface area (Å²) in [5.41, 5.74) is -0.700. The van der Waals surface area contributed by atoms with Crippen molar-refractivity contribution in [1.29, 1.82) is 0 Å². The molecule has 1 aliphatic rings. The van der Waals surface area contributed by atoms with Gasteiger partial charge in [0.1, 0.15) is 5.75 Å². The van der Waals surface area contributed by atoms with E-state index in [0.29, 0.717) is 11.8 Å². The average Bonchev–Trinajstić information content (AvgIpc) is 2.26. The highest BCUT2D eigenvalue weighted by molar-refractivity contribution is 6.73. The number of aromatic nitrogens is 1. The first-order valence-electron chi connectivity index (χ1n) is 6.66. The topological polar surface area (TPSA) is 22.1 Å². The molecule has 1 heterocycles. The molecule has 1 fully saturated rings. The highest BCUT2D eigenvalue weighted by atomic mass is 19.4. The van der Waals surface area contributed by atoms with E-state index < -0.39 is 12.4 Å². The van der Waals surface area contributed by atoms with Crippen LogP contribution in [0.15, 0.2) is 18.5 Å². The molecule has 1 aliphatic carbocycles. The Kier molecular flexibility index (Phi) is 4.06. The third-order valence-corrected chi connectivity index (χ3v) is 3.55. The summed E-state index contributed by atoms with van der Waals surface area (Å²) in [5, 5.41) is 0. The van der Waals surface area contributed by atoms with Crippen LogP contribution in [0.5, 0.6) is 5.75 Å². The molecule has 0 aliphatic heterocycles. The van der Waals surface area contributed by atoms with Gasteiger partial charge < -0.3 is 17.7 Å². The molecule has 0 N–H and O–H groups in total. The molecular formula is C13H18BF3NO-. The fourth-order valence-corrected chi connectivity index (χ4v) is 2.84. The van der Waals surface area contributed by atoms with E-state index in [1.807, 2.05) is 0 Å². The van der Waals surface area contributed by atoms with Gasteiger partial charge in [-0.3, -0.25) is 4.98 Å². The zero-order valence-corrected chi connectivity index (χ0v) is 11.2. The molecule has 6 heteroatoms. The zero-order valence-electron chi connectivity index (χ0n) is 11.2. The standard InChI is InChI=1S/C13H18BF3NO/c1-9-3-10(2)5-12(4-9)19-13-6-11(7-18-8-13)14(15,16)17/h6-10,12H,3-5H2,1-2H3/q-1. The predicted octanol–water partition coefficient (Wildman–Crippen LogP) is 3.34. The van der Waals surface area contributed by atoms with E-state index in [1.54, 1.807) is 0 Å². The van der Waals surface area contributed by atoms with Crippen molar-refractivity contribution in [3.05, 3.63) is 18.5 Å². The normalized spacial score (nSPS) is 28.2. The number of rotatable bonds is 3. The lowest BCUT2D eigenvalue weighted by Gasteiger charge is -2.31. The van der Waals surface area contributed by atoms with Crippen LogP contribution < -0.4 is 10.2 Å². The van der Waals surface area contributed by atoms with E-state index in [-0.39, 0.29) is 11.9 Å². The second kappa shape index (κ2) is 5.43. The first-order valence-corrected chi connectivity index (χ1v) is 6.66. The Bertz CT molecular complexity index is 428. The van der Waals surface area contributed by atoms with E-state index >= 15 is 0 Å². The van der Waals surface area contributed by atoms with Gasteiger partial charge in [-0.25, -0.2) is 0 Å². The maximum Gasteiger partial charge on any atom is 0.511 e. The highest BCUT2D eigenvalue weighted by Gasteiger charge is 2.28. The van der Waals surface area contributed by atoms with Crippen molar-refractivity contribution in [1.82, 2.24) is 4.98 Å². The molecule has 19 heavy (non-hydrogen) atoms. The fourth-order valence-electron chi connectivity index (χ4n) is 2.84.